The van der Waals surface area contributed by atoms with Crippen LogP contribution < -0.4 is 11.0 Å². The van der Waals surface area contributed by atoms with Gasteiger partial charge in [-0.2, -0.15) is 0 Å². The molecule has 0 aliphatic rings. The summed E-state index contributed by atoms with van der Waals surface area (Å²) in [6.07, 6.45) is 1.77. The Kier molecular flexibility index (Phi) is 5.89. The molecule has 2 N–H and O–H groups in total. The van der Waals surface area contributed by atoms with Crippen molar-refractivity contribution in [2.45, 2.75) is 20.4 Å². The normalized spacial score (nSPS) is 11.7. The number of nitrogens with two attached hydrogens (primary N) is 1. The molecule has 4 aromatic rings. The third kappa shape index (κ3) is 4.45. The highest BCUT2D eigenvalue weighted by Crippen LogP contribution is 2.35. The number of anilines is 1. The maximum Gasteiger partial charge on any atom is 0.162 e. The fourth-order valence-corrected chi connectivity index (χ4v) is 4.51. The molecule has 2 heterocycles. The van der Waals surface area contributed by atoms with Crippen molar-refractivity contribution in [1.29, 1.82) is 0 Å². The predicted molar refractivity (Wildman–Crippen MR) is 130 cm³/mol. The van der Waals surface area contributed by atoms with Gasteiger partial charge < -0.3 is 10.3 Å². The molecule has 0 aliphatic carbocycles. The second-order valence-electron chi connectivity index (χ2n) is 8.16. The zero-order valence-electron chi connectivity index (χ0n) is 18.4. The monoisotopic (exact) mass is 466 g/mol. The Morgan fingerprint density at radius 2 is 1.84 bits per heavy atom. The third-order valence-electron chi connectivity index (χ3n) is 5.38. The van der Waals surface area contributed by atoms with E-state index in [1.807, 2.05) is 56.3 Å². The molecule has 0 saturated heterocycles. The van der Waals surface area contributed by atoms with Gasteiger partial charge in [-0.15, -0.1) is 5.10 Å². The summed E-state index contributed by atoms with van der Waals surface area (Å²) in [5, 5.41) is 9.56. The number of rotatable bonds is 5. The summed E-state index contributed by atoms with van der Waals surface area (Å²) in [6, 6.07) is 13.6. The van der Waals surface area contributed by atoms with Crippen molar-refractivity contribution in [2.75, 3.05) is 19.1 Å². The molecule has 0 fully saturated rings. The van der Waals surface area contributed by atoms with Crippen molar-refractivity contribution in [3.63, 3.8) is 0 Å². The van der Waals surface area contributed by atoms with Crippen LogP contribution in [-0.4, -0.2) is 38.3 Å². The zero-order valence-corrected chi connectivity index (χ0v) is 20.0. The van der Waals surface area contributed by atoms with Gasteiger partial charge in [-0.25, -0.2) is 14.6 Å². The minimum absolute atomic E-state index is 0.191. The topological polar surface area (TPSA) is 99.6 Å². The van der Waals surface area contributed by atoms with Gasteiger partial charge in [0.15, 0.2) is 5.82 Å². The molecule has 0 spiro atoms. The lowest BCUT2D eigenvalue weighted by Crippen LogP contribution is -2.07. The van der Waals surface area contributed by atoms with E-state index < -0.39 is 7.14 Å². The summed E-state index contributed by atoms with van der Waals surface area (Å²) < 4.78 is 14.1. The maximum absolute atomic E-state index is 12.4. The minimum atomic E-state index is -2.34. The van der Waals surface area contributed by atoms with Crippen molar-refractivity contribution in [1.82, 2.24) is 25.0 Å². The van der Waals surface area contributed by atoms with E-state index in [1.165, 1.54) is 0 Å². The van der Waals surface area contributed by atoms with Gasteiger partial charge in [-0.3, -0.25) is 0 Å². The van der Waals surface area contributed by atoms with Gasteiger partial charge in [-0.05, 0) is 49.9 Å². The standard InChI is InChI=1S/C23H24ClN6OP/c1-14-7-5-10-18(15(14)2)23-26-21(20(24)22(25)27-23)19-13-30(29-28-19)12-16-8-6-9-17(11-16)32(3,4)31/h5-11,13H,12H2,1-4H3,(H2,25,26,27). The number of hydrogen-bond donors (Lipinski definition) is 1. The predicted octanol–water partition coefficient (Wildman–Crippen LogP) is 4.55. The maximum atomic E-state index is 12.4. The molecule has 0 unspecified atom stereocenters. The van der Waals surface area contributed by atoms with E-state index in [0.29, 0.717) is 23.8 Å². The highest BCUT2D eigenvalue weighted by Gasteiger charge is 2.18. The van der Waals surface area contributed by atoms with E-state index in [0.717, 1.165) is 27.6 Å². The molecule has 2 aromatic heterocycles. The van der Waals surface area contributed by atoms with Crippen LogP contribution >= 0.6 is 18.7 Å². The summed E-state index contributed by atoms with van der Waals surface area (Å²) in [5.74, 6) is 0.684. The number of benzene rings is 2. The van der Waals surface area contributed by atoms with Gasteiger partial charge in [0.2, 0.25) is 0 Å². The molecule has 0 amide bonds. The van der Waals surface area contributed by atoms with Crippen molar-refractivity contribution in [3.8, 4) is 22.8 Å². The molecule has 0 bridgehead atoms. The first-order valence-electron chi connectivity index (χ1n) is 10.1. The van der Waals surface area contributed by atoms with Crippen LogP contribution in [0, 0.1) is 13.8 Å². The molecule has 0 atom stereocenters. The van der Waals surface area contributed by atoms with Gasteiger partial charge in [-0.1, -0.05) is 53.2 Å². The summed E-state index contributed by atoms with van der Waals surface area (Å²) in [7, 11) is -2.34. The third-order valence-corrected chi connectivity index (χ3v) is 7.28. The Morgan fingerprint density at radius 1 is 1.09 bits per heavy atom. The van der Waals surface area contributed by atoms with Gasteiger partial charge in [0, 0.05) is 10.9 Å². The van der Waals surface area contributed by atoms with Gasteiger partial charge >= 0.3 is 0 Å². The highest BCUT2D eigenvalue weighted by molar-refractivity contribution is 7.70. The molecular formula is C23H24ClN6OP. The fourth-order valence-electron chi connectivity index (χ4n) is 3.41. The summed E-state index contributed by atoms with van der Waals surface area (Å²) in [6.45, 7) is 8.05. The van der Waals surface area contributed by atoms with Gasteiger partial charge in [0.05, 0.1) is 12.7 Å². The lowest BCUT2D eigenvalue weighted by Gasteiger charge is -2.10. The number of nitrogens with zero attached hydrogens (tertiary/aromatic N) is 5. The fraction of sp³-hybridized carbons (Fsp3) is 0.217. The van der Waals surface area contributed by atoms with Crippen LogP contribution in [0.3, 0.4) is 0 Å². The first kappa shape index (κ1) is 22.2. The molecule has 0 aliphatic heterocycles. The Labute approximate surface area is 192 Å². The first-order valence-corrected chi connectivity index (χ1v) is 13.1. The molecule has 7 nitrogen and oxygen atoms in total. The van der Waals surface area contributed by atoms with Crippen molar-refractivity contribution in [3.05, 3.63) is 70.4 Å². The van der Waals surface area contributed by atoms with Gasteiger partial charge in [0.25, 0.3) is 0 Å². The molecule has 0 saturated carbocycles. The van der Waals surface area contributed by atoms with Crippen molar-refractivity contribution >= 4 is 29.9 Å². The van der Waals surface area contributed by atoms with Crippen LogP contribution in [-0.2, 0) is 11.1 Å². The average molecular weight is 467 g/mol. The molecule has 32 heavy (non-hydrogen) atoms. The molecule has 4 rings (SSSR count). The van der Waals surface area contributed by atoms with Crippen LogP contribution in [0.25, 0.3) is 22.8 Å². The number of halogens is 1. The SMILES string of the molecule is Cc1cccc(-c2nc(N)c(Cl)c(-c3cn(Cc4cccc(P(C)(C)=O)c4)nn3)n2)c1C. The molecule has 0 radical (unpaired) electrons. The summed E-state index contributed by atoms with van der Waals surface area (Å²) in [4.78, 5) is 9.06. The largest absolute Gasteiger partial charge is 0.382 e. The van der Waals surface area contributed by atoms with E-state index in [9.17, 15) is 4.57 Å². The smallest absolute Gasteiger partial charge is 0.162 e. The van der Waals surface area contributed by atoms with Crippen LogP contribution in [0.2, 0.25) is 5.02 Å². The lowest BCUT2D eigenvalue weighted by atomic mass is 10.0. The van der Waals surface area contributed by atoms with E-state index in [4.69, 9.17) is 17.3 Å². The second kappa shape index (κ2) is 8.49. The Bertz CT molecular complexity index is 1360. The average Bonchev–Trinajstić information content (AvgIpc) is 3.20. The number of hydrogen-bond acceptors (Lipinski definition) is 6. The van der Waals surface area contributed by atoms with Crippen LogP contribution in [0.15, 0.2) is 48.7 Å². The van der Waals surface area contributed by atoms with E-state index in [2.05, 4.69) is 20.3 Å². The molecule has 2 aromatic carbocycles. The van der Waals surface area contributed by atoms with Crippen LogP contribution in [0.5, 0.6) is 0 Å². The quantitative estimate of drug-likeness (QED) is 0.433. The molecule has 164 valence electrons. The van der Waals surface area contributed by atoms with E-state index in [1.54, 1.807) is 24.2 Å². The number of nitrogen functional groups attached to an aromatic ring is 1. The Hall–Kier alpha value is -3.02. The summed E-state index contributed by atoms with van der Waals surface area (Å²) >= 11 is 6.44. The molecule has 9 heteroatoms. The zero-order chi connectivity index (χ0) is 23.0. The number of aryl methyl sites for hydroxylation is 1. The minimum Gasteiger partial charge on any atom is -0.382 e. The van der Waals surface area contributed by atoms with Crippen LogP contribution in [0.1, 0.15) is 16.7 Å². The van der Waals surface area contributed by atoms with Crippen molar-refractivity contribution < 1.29 is 4.57 Å². The lowest BCUT2D eigenvalue weighted by molar-refractivity contribution is 0.588. The molecular weight excluding hydrogens is 443 g/mol. The highest BCUT2D eigenvalue weighted by atomic mass is 35.5. The van der Waals surface area contributed by atoms with E-state index in [-0.39, 0.29) is 10.8 Å². The van der Waals surface area contributed by atoms with E-state index >= 15 is 0 Å². The first-order chi connectivity index (χ1) is 15.1. The van der Waals surface area contributed by atoms with Gasteiger partial charge in [0.1, 0.15) is 29.4 Å². The van der Waals surface area contributed by atoms with Crippen molar-refractivity contribution in [2.24, 2.45) is 0 Å². The Balaban J connectivity index is 1.69. The summed E-state index contributed by atoms with van der Waals surface area (Å²) in [5.41, 5.74) is 11.1. The van der Waals surface area contributed by atoms with Crippen LogP contribution in [0.4, 0.5) is 5.82 Å². The Morgan fingerprint density at radius 3 is 2.59 bits per heavy atom. The second-order valence-corrected chi connectivity index (χ2v) is 11.8. The number of aromatic nitrogens is 5.